The molecule has 1 aliphatic rings. The Labute approximate surface area is 221 Å². The normalized spacial score (nSPS) is 16.9. The van der Waals surface area contributed by atoms with Crippen LogP contribution < -0.4 is 20.1 Å². The fourth-order valence-electron chi connectivity index (χ4n) is 4.26. The summed E-state index contributed by atoms with van der Waals surface area (Å²) in [7, 11) is -2.76. The van der Waals surface area contributed by atoms with E-state index >= 15 is 0 Å². The van der Waals surface area contributed by atoms with Gasteiger partial charge in [-0.1, -0.05) is 17.7 Å². The van der Waals surface area contributed by atoms with Gasteiger partial charge in [0.2, 0.25) is 5.88 Å². The number of hydrogen-bond acceptors (Lipinski definition) is 9. The summed E-state index contributed by atoms with van der Waals surface area (Å²) in [6.07, 6.45) is 4.75. The molecule has 0 bridgehead atoms. The first kappa shape index (κ1) is 26.8. The molecule has 0 aromatic carbocycles. The first-order valence-corrected chi connectivity index (χ1v) is 13.7. The van der Waals surface area contributed by atoms with Gasteiger partial charge in [0.1, 0.15) is 11.0 Å². The second kappa shape index (κ2) is 11.0. The van der Waals surface area contributed by atoms with Crippen molar-refractivity contribution in [2.75, 3.05) is 25.5 Å². The molecule has 1 amide bonds. The maximum Gasteiger partial charge on any atom is 0.281 e. The Bertz CT molecular complexity index is 1380. The van der Waals surface area contributed by atoms with Gasteiger partial charge in [-0.2, -0.15) is 8.42 Å². The molecule has 1 atom stereocenters. The van der Waals surface area contributed by atoms with Crippen LogP contribution in [0.3, 0.4) is 0 Å². The van der Waals surface area contributed by atoms with Gasteiger partial charge in [-0.3, -0.25) is 4.79 Å². The quantitative estimate of drug-likeness (QED) is 0.258. The number of aromatic nitrogens is 4. The van der Waals surface area contributed by atoms with E-state index in [1.165, 1.54) is 30.0 Å². The predicted octanol–water partition coefficient (Wildman–Crippen LogP) is 3.02. The van der Waals surface area contributed by atoms with Crippen molar-refractivity contribution in [1.82, 2.24) is 29.8 Å². The van der Waals surface area contributed by atoms with E-state index in [1.807, 2.05) is 4.72 Å². The summed E-state index contributed by atoms with van der Waals surface area (Å²) in [4.78, 5) is 21.0. The zero-order valence-corrected chi connectivity index (χ0v) is 22.4. The molecule has 1 aliphatic heterocycles. The molecule has 1 fully saturated rings. The highest BCUT2D eigenvalue weighted by atomic mass is 35.5. The fraction of sp³-hybridized carbons (Fsp3) is 0.417. The number of pyridine rings is 2. The zero-order chi connectivity index (χ0) is 26.6. The standard InChI is InChI=1S/C24H30ClN7O4S/c1-24(2)14-16(15-27-24)6-5-12-26-18-7-4-8-21(28-18)37(34,35)31-23(33)17-9-10-19(29-22(17)25)32-13-11-20(30-32)36-3/h4,7-11,13,16,27H,5-6,12,14-15H2,1-3H3,(H,26,28)(H,31,33)/t16-/m1/s1. The minimum absolute atomic E-state index is 0.105. The Balaban J connectivity index is 1.36. The fourth-order valence-corrected chi connectivity index (χ4v) is 5.43. The number of carbonyl (C=O) groups is 1. The lowest BCUT2D eigenvalue weighted by Gasteiger charge is -2.17. The second-order valence-corrected chi connectivity index (χ2v) is 11.5. The van der Waals surface area contributed by atoms with Gasteiger partial charge in [0.05, 0.1) is 12.7 Å². The van der Waals surface area contributed by atoms with Crippen molar-refractivity contribution in [1.29, 1.82) is 0 Å². The van der Waals surface area contributed by atoms with Crippen molar-refractivity contribution in [3.63, 3.8) is 0 Å². The largest absolute Gasteiger partial charge is 0.480 e. The number of methoxy groups -OCH3 is 1. The summed E-state index contributed by atoms with van der Waals surface area (Å²) in [6.45, 7) is 6.09. The van der Waals surface area contributed by atoms with E-state index in [1.54, 1.807) is 24.4 Å². The SMILES string of the molecule is COc1ccn(-c2ccc(C(=O)NS(=O)(=O)c3cccc(NCCC[C@H]4CNC(C)(C)C4)n3)c(Cl)n2)n1. The molecule has 0 spiro atoms. The molecule has 11 nitrogen and oxygen atoms in total. The zero-order valence-electron chi connectivity index (χ0n) is 20.9. The summed E-state index contributed by atoms with van der Waals surface area (Å²) >= 11 is 6.18. The van der Waals surface area contributed by atoms with Gasteiger partial charge in [0.25, 0.3) is 15.9 Å². The monoisotopic (exact) mass is 547 g/mol. The molecule has 4 heterocycles. The van der Waals surface area contributed by atoms with Crippen LogP contribution in [0.25, 0.3) is 5.82 Å². The van der Waals surface area contributed by atoms with E-state index in [2.05, 4.69) is 39.5 Å². The van der Waals surface area contributed by atoms with Gasteiger partial charge in [0.15, 0.2) is 10.8 Å². The number of halogens is 1. The molecular formula is C24H30ClN7O4S. The molecular weight excluding hydrogens is 518 g/mol. The first-order valence-electron chi connectivity index (χ1n) is 11.9. The minimum atomic E-state index is -4.25. The lowest BCUT2D eigenvalue weighted by molar-refractivity contribution is 0.0981. The van der Waals surface area contributed by atoms with Gasteiger partial charge in [-0.05, 0) is 69.8 Å². The number of rotatable bonds is 10. The molecule has 1 saturated heterocycles. The number of nitrogens with zero attached hydrogens (tertiary/aromatic N) is 4. The van der Waals surface area contributed by atoms with Gasteiger partial charge >= 0.3 is 0 Å². The predicted molar refractivity (Wildman–Crippen MR) is 140 cm³/mol. The maximum absolute atomic E-state index is 12.8. The summed E-state index contributed by atoms with van der Waals surface area (Å²) in [5, 5.41) is 10.4. The van der Waals surface area contributed by atoms with Crippen LogP contribution in [0.4, 0.5) is 5.82 Å². The third kappa shape index (κ3) is 6.76. The number of sulfonamides is 1. The molecule has 198 valence electrons. The van der Waals surface area contributed by atoms with Gasteiger partial charge in [-0.15, -0.1) is 5.10 Å². The van der Waals surface area contributed by atoms with Crippen molar-refractivity contribution in [3.05, 3.63) is 53.3 Å². The molecule has 3 aromatic heterocycles. The molecule has 0 radical (unpaired) electrons. The van der Waals surface area contributed by atoms with Crippen LogP contribution in [0.15, 0.2) is 47.6 Å². The van der Waals surface area contributed by atoms with Crippen LogP contribution in [0.5, 0.6) is 5.88 Å². The van der Waals surface area contributed by atoms with Crippen LogP contribution in [-0.4, -0.2) is 59.8 Å². The van der Waals surface area contributed by atoms with Crippen molar-refractivity contribution >= 4 is 33.3 Å². The number of hydrogen-bond donors (Lipinski definition) is 3. The van der Waals surface area contributed by atoms with E-state index in [9.17, 15) is 13.2 Å². The summed E-state index contributed by atoms with van der Waals surface area (Å²) < 4.78 is 34.2. The van der Waals surface area contributed by atoms with Crippen LogP contribution >= 0.6 is 11.6 Å². The highest BCUT2D eigenvalue weighted by Crippen LogP contribution is 2.26. The number of carbonyl (C=O) groups excluding carboxylic acids is 1. The highest BCUT2D eigenvalue weighted by molar-refractivity contribution is 7.90. The van der Waals surface area contributed by atoms with Gasteiger partial charge in [-0.25, -0.2) is 19.4 Å². The molecule has 3 N–H and O–H groups in total. The van der Waals surface area contributed by atoms with E-state index < -0.39 is 15.9 Å². The summed E-state index contributed by atoms with van der Waals surface area (Å²) in [5.41, 5.74) is 0.0789. The lowest BCUT2D eigenvalue weighted by Crippen LogP contribution is -2.31. The number of anilines is 1. The van der Waals surface area contributed by atoms with E-state index in [4.69, 9.17) is 16.3 Å². The third-order valence-electron chi connectivity index (χ3n) is 6.08. The van der Waals surface area contributed by atoms with Crippen molar-refractivity contribution in [2.45, 2.75) is 43.7 Å². The molecule has 0 unspecified atom stereocenters. The molecule has 0 saturated carbocycles. The maximum atomic E-state index is 12.8. The molecule has 4 rings (SSSR count). The Morgan fingerprint density at radius 2 is 2.05 bits per heavy atom. The number of ether oxygens (including phenoxy) is 1. The number of nitrogens with one attached hydrogen (secondary N) is 3. The van der Waals surface area contributed by atoms with Crippen LogP contribution in [0, 0.1) is 5.92 Å². The Kier molecular flexibility index (Phi) is 8.00. The smallest absolute Gasteiger partial charge is 0.281 e. The summed E-state index contributed by atoms with van der Waals surface area (Å²) in [5.74, 6) is 0.838. The van der Waals surface area contributed by atoms with Crippen molar-refractivity contribution < 1.29 is 17.9 Å². The van der Waals surface area contributed by atoms with Gasteiger partial charge in [0, 0.05) is 24.3 Å². The molecule has 13 heteroatoms. The highest BCUT2D eigenvalue weighted by Gasteiger charge is 2.29. The van der Waals surface area contributed by atoms with Gasteiger partial charge < -0.3 is 15.4 Å². The Morgan fingerprint density at radius 3 is 2.73 bits per heavy atom. The second-order valence-electron chi connectivity index (χ2n) is 9.51. The minimum Gasteiger partial charge on any atom is -0.480 e. The van der Waals surface area contributed by atoms with Crippen molar-refractivity contribution in [3.8, 4) is 11.7 Å². The molecule has 3 aromatic rings. The Morgan fingerprint density at radius 1 is 1.24 bits per heavy atom. The van der Waals surface area contributed by atoms with E-state index in [0.717, 1.165) is 25.8 Å². The summed E-state index contributed by atoms with van der Waals surface area (Å²) in [6, 6.07) is 9.07. The van der Waals surface area contributed by atoms with Crippen LogP contribution in [-0.2, 0) is 10.0 Å². The van der Waals surface area contributed by atoms with E-state index in [-0.39, 0.29) is 21.3 Å². The lowest BCUT2D eigenvalue weighted by atomic mass is 9.94. The first-order chi connectivity index (χ1) is 17.6. The van der Waals surface area contributed by atoms with E-state index in [0.29, 0.717) is 30.0 Å². The topological polar surface area (TPSA) is 140 Å². The Hall–Kier alpha value is -3.22. The average Bonchev–Trinajstić information content (AvgIpc) is 3.47. The van der Waals surface area contributed by atoms with Crippen LogP contribution in [0.1, 0.15) is 43.5 Å². The van der Waals surface area contributed by atoms with Crippen LogP contribution in [0.2, 0.25) is 5.15 Å². The van der Waals surface area contributed by atoms with Crippen molar-refractivity contribution in [2.24, 2.45) is 5.92 Å². The third-order valence-corrected chi connectivity index (χ3v) is 7.60. The average molecular weight is 548 g/mol. The molecule has 0 aliphatic carbocycles. The number of amides is 1. The molecule has 37 heavy (non-hydrogen) atoms.